The first-order valence-electron chi connectivity index (χ1n) is 6.55. The van der Waals surface area contributed by atoms with Crippen molar-refractivity contribution in [1.29, 1.82) is 0 Å². The van der Waals surface area contributed by atoms with Crippen LogP contribution in [-0.4, -0.2) is 24.3 Å². The van der Waals surface area contributed by atoms with Gasteiger partial charge in [0.1, 0.15) is 0 Å². The molecule has 0 bridgehead atoms. The molecule has 0 heterocycles. The highest BCUT2D eigenvalue weighted by Crippen LogP contribution is 2.38. The van der Waals surface area contributed by atoms with E-state index in [1.54, 1.807) is 24.3 Å². The summed E-state index contributed by atoms with van der Waals surface area (Å²) in [4.78, 5) is 34.2. The van der Waals surface area contributed by atoms with Crippen LogP contribution < -0.4 is 5.32 Å². The third kappa shape index (κ3) is 3.66. The number of benzene rings is 1. The highest BCUT2D eigenvalue weighted by molar-refractivity contribution is 5.96. The van der Waals surface area contributed by atoms with E-state index in [0.717, 1.165) is 6.42 Å². The average molecular weight is 275 g/mol. The molecule has 1 aromatic rings. The van der Waals surface area contributed by atoms with Crippen LogP contribution in [0.2, 0.25) is 0 Å². The van der Waals surface area contributed by atoms with E-state index in [9.17, 15) is 14.4 Å². The zero-order chi connectivity index (χ0) is 14.7. The normalized spacial score (nSPS) is 20.1. The molecule has 1 amide bonds. The minimum atomic E-state index is -0.387. The van der Waals surface area contributed by atoms with Gasteiger partial charge in [-0.3, -0.25) is 14.4 Å². The third-order valence-electron chi connectivity index (χ3n) is 3.33. The molecule has 1 aliphatic rings. The van der Waals surface area contributed by atoms with E-state index in [1.807, 2.05) is 6.92 Å². The second-order valence-electron chi connectivity index (χ2n) is 5.11. The van der Waals surface area contributed by atoms with Gasteiger partial charge in [0.2, 0.25) is 0 Å². The van der Waals surface area contributed by atoms with Crippen LogP contribution in [0, 0.1) is 11.8 Å². The summed E-state index contributed by atoms with van der Waals surface area (Å²) in [6, 6.07) is 6.55. The number of anilines is 1. The standard InChI is InChI=1S/C15H17NO4/c1-9-7-13(9)15(19)20-8-14(18)16-12-5-3-11(4-6-12)10(2)17/h3-6,9,13H,7-8H2,1-2H3,(H,16,18)/t9-,13-/m1/s1. The molecule has 20 heavy (non-hydrogen) atoms. The van der Waals surface area contributed by atoms with Crippen LogP contribution in [0.5, 0.6) is 0 Å². The van der Waals surface area contributed by atoms with Gasteiger partial charge in [-0.2, -0.15) is 0 Å². The van der Waals surface area contributed by atoms with Gasteiger partial charge in [-0.15, -0.1) is 0 Å². The molecule has 5 nitrogen and oxygen atoms in total. The zero-order valence-corrected chi connectivity index (χ0v) is 11.5. The lowest BCUT2D eigenvalue weighted by atomic mass is 10.1. The fourth-order valence-electron chi connectivity index (χ4n) is 1.88. The van der Waals surface area contributed by atoms with Crippen LogP contribution in [0.15, 0.2) is 24.3 Å². The Kier molecular flexibility index (Phi) is 4.17. The Balaban J connectivity index is 1.79. The van der Waals surface area contributed by atoms with Crippen molar-refractivity contribution in [2.45, 2.75) is 20.3 Å². The Morgan fingerprint density at radius 2 is 1.85 bits per heavy atom. The van der Waals surface area contributed by atoms with Gasteiger partial charge in [-0.1, -0.05) is 6.92 Å². The van der Waals surface area contributed by atoms with Crippen molar-refractivity contribution in [2.75, 3.05) is 11.9 Å². The van der Waals surface area contributed by atoms with Crippen LogP contribution in [0.1, 0.15) is 30.6 Å². The Bertz CT molecular complexity index is 535. The second-order valence-corrected chi connectivity index (χ2v) is 5.11. The molecule has 2 rings (SSSR count). The summed E-state index contributed by atoms with van der Waals surface area (Å²) in [5.74, 6) is -0.403. The molecule has 2 atom stereocenters. The number of amides is 1. The van der Waals surface area contributed by atoms with Gasteiger partial charge in [0.15, 0.2) is 12.4 Å². The number of carbonyl (C=O) groups excluding carboxylic acids is 3. The number of carbonyl (C=O) groups is 3. The van der Waals surface area contributed by atoms with Gasteiger partial charge >= 0.3 is 5.97 Å². The summed E-state index contributed by atoms with van der Waals surface area (Å²) in [6.45, 7) is 3.17. The molecule has 1 saturated carbocycles. The van der Waals surface area contributed by atoms with Crippen molar-refractivity contribution >= 4 is 23.3 Å². The molecular formula is C15H17NO4. The Labute approximate surface area is 117 Å². The third-order valence-corrected chi connectivity index (χ3v) is 3.33. The molecule has 1 N–H and O–H groups in total. The molecule has 0 aromatic heterocycles. The second kappa shape index (κ2) is 5.86. The summed E-state index contributed by atoms with van der Waals surface area (Å²) in [7, 11) is 0. The lowest BCUT2D eigenvalue weighted by Gasteiger charge is -2.06. The summed E-state index contributed by atoms with van der Waals surface area (Å²) in [5, 5.41) is 2.61. The number of hydrogen-bond acceptors (Lipinski definition) is 4. The van der Waals surface area contributed by atoms with Crippen molar-refractivity contribution in [3.63, 3.8) is 0 Å². The van der Waals surface area contributed by atoms with E-state index in [0.29, 0.717) is 17.2 Å². The van der Waals surface area contributed by atoms with E-state index in [-0.39, 0.29) is 30.2 Å². The van der Waals surface area contributed by atoms with E-state index in [4.69, 9.17) is 4.74 Å². The predicted molar refractivity (Wildman–Crippen MR) is 73.3 cm³/mol. The molecular weight excluding hydrogens is 258 g/mol. The Hall–Kier alpha value is -2.17. The van der Waals surface area contributed by atoms with Gasteiger partial charge < -0.3 is 10.1 Å². The molecule has 0 saturated heterocycles. The first-order valence-corrected chi connectivity index (χ1v) is 6.55. The van der Waals surface area contributed by atoms with Gasteiger partial charge in [-0.25, -0.2) is 0 Å². The quantitative estimate of drug-likeness (QED) is 0.659. The van der Waals surface area contributed by atoms with E-state index < -0.39 is 0 Å². The monoisotopic (exact) mass is 275 g/mol. The Morgan fingerprint density at radius 1 is 1.25 bits per heavy atom. The smallest absolute Gasteiger partial charge is 0.309 e. The molecule has 1 fully saturated rings. The lowest BCUT2D eigenvalue weighted by molar-refractivity contribution is -0.148. The number of ketones is 1. The molecule has 1 aliphatic carbocycles. The van der Waals surface area contributed by atoms with Crippen molar-refractivity contribution in [1.82, 2.24) is 0 Å². The number of esters is 1. The van der Waals surface area contributed by atoms with Crippen molar-refractivity contribution in [3.8, 4) is 0 Å². The molecule has 0 radical (unpaired) electrons. The maximum atomic E-state index is 11.6. The van der Waals surface area contributed by atoms with Gasteiger partial charge in [0.25, 0.3) is 5.91 Å². The summed E-state index contributed by atoms with van der Waals surface area (Å²) < 4.78 is 4.93. The number of hydrogen-bond donors (Lipinski definition) is 1. The fraction of sp³-hybridized carbons (Fsp3) is 0.400. The summed E-state index contributed by atoms with van der Waals surface area (Å²) in [5.41, 5.74) is 1.15. The van der Waals surface area contributed by atoms with Gasteiger partial charge in [-0.05, 0) is 43.5 Å². The number of nitrogens with one attached hydrogen (secondary N) is 1. The summed E-state index contributed by atoms with van der Waals surface area (Å²) >= 11 is 0. The first-order chi connectivity index (χ1) is 9.47. The highest BCUT2D eigenvalue weighted by atomic mass is 16.5. The number of Topliss-reactive ketones (excluding diaryl/α,β-unsaturated/α-hetero) is 1. The van der Waals surface area contributed by atoms with Crippen LogP contribution >= 0.6 is 0 Å². The molecule has 0 spiro atoms. The maximum absolute atomic E-state index is 11.6. The van der Waals surface area contributed by atoms with Crippen molar-refractivity contribution in [2.24, 2.45) is 11.8 Å². The predicted octanol–water partition coefficient (Wildman–Crippen LogP) is 2.03. The molecule has 0 unspecified atom stereocenters. The van der Waals surface area contributed by atoms with Crippen LogP contribution in [0.3, 0.4) is 0 Å². The average Bonchev–Trinajstić information content (AvgIpc) is 3.14. The zero-order valence-electron chi connectivity index (χ0n) is 11.5. The van der Waals surface area contributed by atoms with E-state index in [2.05, 4.69) is 5.32 Å². The van der Waals surface area contributed by atoms with Crippen molar-refractivity contribution in [3.05, 3.63) is 29.8 Å². The van der Waals surface area contributed by atoms with Gasteiger partial charge in [0.05, 0.1) is 5.92 Å². The van der Waals surface area contributed by atoms with Crippen molar-refractivity contribution < 1.29 is 19.1 Å². The SMILES string of the molecule is CC(=O)c1ccc(NC(=O)COC(=O)[C@@H]2C[C@H]2C)cc1. The Morgan fingerprint density at radius 3 is 2.35 bits per heavy atom. The molecule has 5 heteroatoms. The first kappa shape index (κ1) is 14.2. The van der Waals surface area contributed by atoms with E-state index in [1.165, 1.54) is 6.92 Å². The topological polar surface area (TPSA) is 72.5 Å². The summed E-state index contributed by atoms with van der Waals surface area (Å²) in [6.07, 6.45) is 0.840. The van der Waals surface area contributed by atoms with Gasteiger partial charge in [0, 0.05) is 11.3 Å². The minimum absolute atomic E-state index is 0.0321. The molecule has 1 aromatic carbocycles. The minimum Gasteiger partial charge on any atom is -0.455 e. The number of rotatable bonds is 5. The van der Waals surface area contributed by atoms with E-state index >= 15 is 0 Å². The van der Waals surface area contributed by atoms with Crippen LogP contribution in [0.25, 0.3) is 0 Å². The number of ether oxygens (including phenoxy) is 1. The van der Waals surface area contributed by atoms with Crippen LogP contribution in [-0.2, 0) is 14.3 Å². The molecule has 0 aliphatic heterocycles. The lowest BCUT2D eigenvalue weighted by Crippen LogP contribution is -2.21. The highest BCUT2D eigenvalue weighted by Gasteiger charge is 2.40. The fourth-order valence-corrected chi connectivity index (χ4v) is 1.88. The van der Waals surface area contributed by atoms with Crippen LogP contribution in [0.4, 0.5) is 5.69 Å². The largest absolute Gasteiger partial charge is 0.455 e. The maximum Gasteiger partial charge on any atom is 0.309 e. The molecule has 106 valence electrons.